The van der Waals surface area contributed by atoms with E-state index in [1.165, 1.54) is 24.0 Å². The summed E-state index contributed by atoms with van der Waals surface area (Å²) in [6, 6.07) is 12.1. The van der Waals surface area contributed by atoms with E-state index in [9.17, 15) is 9.59 Å². The third-order valence-electron chi connectivity index (χ3n) is 8.57. The van der Waals surface area contributed by atoms with Gasteiger partial charge in [0, 0.05) is 36.9 Å². The van der Waals surface area contributed by atoms with Gasteiger partial charge in [0.15, 0.2) is 11.2 Å². The van der Waals surface area contributed by atoms with Crippen LogP contribution in [0.1, 0.15) is 36.8 Å². The van der Waals surface area contributed by atoms with Crippen molar-refractivity contribution < 1.29 is 4.42 Å². The third kappa shape index (κ3) is 3.59. The van der Waals surface area contributed by atoms with Crippen molar-refractivity contribution >= 4 is 33.8 Å². The maximum Gasteiger partial charge on any atom is 0.419 e. The number of aryl methyl sites for hydroxylation is 1. The molecule has 40 heavy (non-hydrogen) atoms. The highest BCUT2D eigenvalue weighted by Crippen LogP contribution is 2.52. The van der Waals surface area contributed by atoms with Gasteiger partial charge < -0.3 is 14.6 Å². The average molecular weight is 536 g/mol. The maximum atomic E-state index is 13.5. The molecule has 0 saturated heterocycles. The van der Waals surface area contributed by atoms with E-state index >= 15 is 0 Å². The van der Waals surface area contributed by atoms with Crippen LogP contribution in [-0.4, -0.2) is 42.4 Å². The Morgan fingerprint density at radius 1 is 1.07 bits per heavy atom. The Bertz CT molecular complexity index is 1970. The average Bonchev–Trinajstić information content (AvgIpc) is 3.54. The molecule has 0 unspecified atom stereocenters. The topological polar surface area (TPSA) is 103 Å². The third-order valence-corrected chi connectivity index (χ3v) is 8.57. The van der Waals surface area contributed by atoms with Crippen LogP contribution in [0, 0.1) is 0 Å². The number of nitrogens with one attached hydrogen (secondary N) is 1. The van der Waals surface area contributed by atoms with Crippen molar-refractivity contribution in [3.63, 3.8) is 0 Å². The van der Waals surface area contributed by atoms with E-state index < -0.39 is 0 Å². The molecule has 1 fully saturated rings. The van der Waals surface area contributed by atoms with Crippen molar-refractivity contribution in [2.24, 2.45) is 0 Å². The molecule has 2 aliphatic heterocycles. The quantitative estimate of drug-likeness (QED) is 0.340. The van der Waals surface area contributed by atoms with Crippen LogP contribution in [0.15, 0.2) is 68.8 Å². The molecule has 5 aromatic rings. The molecule has 202 valence electrons. The normalized spacial score (nSPS) is 18.0. The van der Waals surface area contributed by atoms with E-state index in [-0.39, 0.29) is 11.3 Å². The van der Waals surface area contributed by atoms with Crippen LogP contribution in [0.4, 0.5) is 11.6 Å². The van der Waals surface area contributed by atoms with Crippen molar-refractivity contribution in [3.05, 3.63) is 86.8 Å². The van der Waals surface area contributed by atoms with Crippen molar-refractivity contribution in [1.82, 2.24) is 28.8 Å². The van der Waals surface area contributed by atoms with Gasteiger partial charge in [-0.15, -0.1) is 0 Å². The van der Waals surface area contributed by atoms with Gasteiger partial charge in [0.1, 0.15) is 5.39 Å². The lowest BCUT2D eigenvalue weighted by atomic mass is 9.87. The summed E-state index contributed by atoms with van der Waals surface area (Å²) in [5, 5.41) is 3.81. The molecule has 0 radical (unpaired) electrons. The summed E-state index contributed by atoms with van der Waals surface area (Å²) in [4.78, 5) is 37.8. The summed E-state index contributed by atoms with van der Waals surface area (Å²) in [6.07, 6.45) is 9.72. The highest BCUT2D eigenvalue weighted by Gasteiger charge is 2.48. The van der Waals surface area contributed by atoms with Gasteiger partial charge in [0.25, 0.3) is 5.56 Å². The summed E-state index contributed by atoms with van der Waals surface area (Å²) in [5.41, 5.74) is 6.33. The van der Waals surface area contributed by atoms with Gasteiger partial charge in [0.05, 0.1) is 17.7 Å². The van der Waals surface area contributed by atoms with Crippen LogP contribution in [-0.2, 0) is 25.0 Å². The lowest BCUT2D eigenvalue weighted by molar-refractivity contribution is 0.271. The van der Waals surface area contributed by atoms with Gasteiger partial charge in [-0.05, 0) is 74.2 Å². The molecule has 8 rings (SSSR count). The van der Waals surface area contributed by atoms with Gasteiger partial charge in [-0.1, -0.05) is 18.2 Å². The lowest BCUT2D eigenvalue weighted by Crippen LogP contribution is -2.35. The van der Waals surface area contributed by atoms with Crippen molar-refractivity contribution in [3.8, 4) is 5.69 Å². The molecule has 3 aliphatic rings. The summed E-state index contributed by atoms with van der Waals surface area (Å²) in [7, 11) is 2.18. The Kier molecular flexibility index (Phi) is 5.00. The van der Waals surface area contributed by atoms with E-state index in [2.05, 4.69) is 40.4 Å². The zero-order valence-corrected chi connectivity index (χ0v) is 22.3. The molecule has 3 aromatic heterocycles. The molecular formula is C30H29N7O3. The van der Waals surface area contributed by atoms with E-state index in [0.717, 1.165) is 37.3 Å². The first kappa shape index (κ1) is 23.4. The Hall–Kier alpha value is -4.44. The number of oxazole rings is 1. The molecule has 10 heteroatoms. The predicted molar refractivity (Wildman–Crippen MR) is 153 cm³/mol. The van der Waals surface area contributed by atoms with Crippen molar-refractivity contribution in [1.29, 1.82) is 0 Å². The zero-order chi connectivity index (χ0) is 27.0. The number of likely N-dealkylation sites (N-methyl/N-ethyl adjacent to an activating group) is 1. The fourth-order valence-electron chi connectivity index (χ4n) is 6.54. The monoisotopic (exact) mass is 535 g/mol. The molecule has 1 saturated carbocycles. The number of rotatable bonds is 2. The molecule has 1 spiro atoms. The number of fused-ring (bicyclic) bond motifs is 7. The number of aromatic nitrogens is 5. The summed E-state index contributed by atoms with van der Waals surface area (Å²) >= 11 is 0. The number of benzene rings is 2. The Morgan fingerprint density at radius 3 is 2.85 bits per heavy atom. The zero-order valence-electron chi connectivity index (χ0n) is 22.3. The van der Waals surface area contributed by atoms with E-state index in [1.54, 1.807) is 21.5 Å². The Balaban J connectivity index is 1.25. The fourth-order valence-corrected chi connectivity index (χ4v) is 6.54. The fraction of sp³-hybridized carbons (Fsp3) is 0.333. The number of anilines is 2. The Morgan fingerprint density at radius 2 is 1.98 bits per heavy atom. The van der Waals surface area contributed by atoms with Crippen LogP contribution in [0.2, 0.25) is 0 Å². The highest BCUT2D eigenvalue weighted by molar-refractivity contribution is 5.80. The molecule has 0 amide bonds. The second-order valence-corrected chi connectivity index (χ2v) is 11.4. The minimum absolute atomic E-state index is 0.167. The summed E-state index contributed by atoms with van der Waals surface area (Å²) in [6.45, 7) is 3.00. The Labute approximate surface area is 229 Å². The molecule has 1 N–H and O–H groups in total. The number of nitrogens with zero attached hydrogens (tertiary/aromatic N) is 6. The highest BCUT2D eigenvalue weighted by atomic mass is 16.4. The van der Waals surface area contributed by atoms with Gasteiger partial charge in [-0.2, -0.15) is 4.98 Å². The molecule has 2 bridgehead atoms. The summed E-state index contributed by atoms with van der Waals surface area (Å²) < 4.78 is 10.6. The first-order valence-electron chi connectivity index (χ1n) is 13.9. The minimum atomic E-state index is -0.374. The minimum Gasteiger partial charge on any atom is -0.408 e. The van der Waals surface area contributed by atoms with Crippen LogP contribution >= 0.6 is 0 Å². The molecule has 2 aromatic carbocycles. The molecule has 5 heterocycles. The second kappa shape index (κ2) is 8.53. The van der Waals surface area contributed by atoms with Gasteiger partial charge in [0.2, 0.25) is 5.95 Å². The van der Waals surface area contributed by atoms with Crippen LogP contribution in [0.3, 0.4) is 0 Å². The van der Waals surface area contributed by atoms with Crippen molar-refractivity contribution in [2.75, 3.05) is 18.9 Å². The van der Waals surface area contributed by atoms with Crippen molar-refractivity contribution in [2.45, 2.75) is 50.7 Å². The smallest absolute Gasteiger partial charge is 0.408 e. The number of hydrogen-bond donors (Lipinski definition) is 1. The molecular weight excluding hydrogens is 506 g/mol. The van der Waals surface area contributed by atoms with Gasteiger partial charge >= 0.3 is 5.76 Å². The molecule has 10 nitrogen and oxygen atoms in total. The maximum absolute atomic E-state index is 13.5. The SMILES string of the molecule is CN1Cc2cc(Nc3ncc4c(=O)n5n(c4n3)-c3ccc4oc(=O)n(c4c3)CCCC=CC5)ccc2C2(CC2)C1. The lowest BCUT2D eigenvalue weighted by Gasteiger charge is -2.32. The van der Waals surface area contributed by atoms with E-state index in [1.807, 2.05) is 29.0 Å². The van der Waals surface area contributed by atoms with Crippen LogP contribution in [0.25, 0.3) is 27.8 Å². The second-order valence-electron chi connectivity index (χ2n) is 11.4. The van der Waals surface area contributed by atoms with Gasteiger partial charge in [-0.3, -0.25) is 9.36 Å². The van der Waals surface area contributed by atoms with E-state index in [0.29, 0.717) is 46.6 Å². The predicted octanol–water partition coefficient (Wildman–Crippen LogP) is 4.06. The standard InChI is InChI=1S/C30H29N7O3/c1-34-17-19-14-20(6-8-23(19)30(18-34)10-11-30)32-28-31-16-22-26(33-28)37-21-7-9-25-24(15-21)35(29(39)40-25)12-4-2-3-5-13-36(37)27(22)38/h3,5-9,14-16H,2,4,10-13,17-18H2,1H3,(H,31,32,33). The van der Waals surface area contributed by atoms with Crippen LogP contribution in [0.5, 0.6) is 0 Å². The van der Waals surface area contributed by atoms with E-state index in [4.69, 9.17) is 9.40 Å². The van der Waals surface area contributed by atoms with Crippen LogP contribution < -0.4 is 16.6 Å². The number of hydrogen-bond acceptors (Lipinski definition) is 7. The molecule has 1 aliphatic carbocycles. The number of allylic oxidation sites excluding steroid dienone is 2. The first-order chi connectivity index (χ1) is 19.5. The first-order valence-corrected chi connectivity index (χ1v) is 13.9. The van der Waals surface area contributed by atoms with Gasteiger partial charge in [-0.25, -0.2) is 19.1 Å². The largest absolute Gasteiger partial charge is 0.419 e. The molecule has 0 atom stereocenters. The summed E-state index contributed by atoms with van der Waals surface area (Å²) in [5.74, 6) is 0.0437.